The molecule has 4 aromatic rings. The zero-order valence-corrected chi connectivity index (χ0v) is 23.8. The number of benzene rings is 3. The topological polar surface area (TPSA) is 101 Å². The molecule has 1 amide bonds. The predicted molar refractivity (Wildman–Crippen MR) is 162 cm³/mol. The lowest BCUT2D eigenvalue weighted by Gasteiger charge is -2.17. The Labute approximate surface area is 244 Å². The van der Waals surface area contributed by atoms with Crippen LogP contribution in [0.15, 0.2) is 91.0 Å². The Morgan fingerprint density at radius 2 is 1.50 bits per heavy atom. The molecule has 4 rings (SSSR count). The second kappa shape index (κ2) is 13.9. The summed E-state index contributed by atoms with van der Waals surface area (Å²) >= 11 is 0. The molecule has 2 atom stereocenters. The molecule has 0 spiro atoms. The van der Waals surface area contributed by atoms with Gasteiger partial charge in [-0.3, -0.25) is 9.59 Å². The minimum absolute atomic E-state index is 0.0905. The first-order valence-corrected chi connectivity index (χ1v) is 13.8. The number of aliphatic hydroxyl groups excluding tert-OH is 2. The summed E-state index contributed by atoms with van der Waals surface area (Å²) in [5.74, 6) is -1.30. The molecule has 7 nitrogen and oxygen atoms in total. The molecule has 0 saturated heterocycles. The number of aliphatic hydroxyl groups is 2. The minimum atomic E-state index is -1.10. The van der Waals surface area contributed by atoms with Crippen molar-refractivity contribution in [1.29, 1.82) is 0 Å². The van der Waals surface area contributed by atoms with Crippen LogP contribution in [0.2, 0.25) is 0 Å². The van der Waals surface area contributed by atoms with Crippen molar-refractivity contribution in [1.82, 2.24) is 4.57 Å². The third-order valence-corrected chi connectivity index (χ3v) is 6.82. The zero-order valence-electron chi connectivity index (χ0n) is 23.8. The standard InChI is InChI=1S/C34H35FN2O5/c1-22(2)37-29(19-18-27(38)20-28(39)21-30(40)42-3)31(24-14-16-25(35)17-15-24)32(23-10-6-4-7-11-23)33(37)34(41)36-26-12-8-5-9-13-26/h4-19,22,27-28,38-39H,20-21H2,1-3H3,(H,36,41)/b19-18+/t27-,28-/m1/s1. The highest BCUT2D eigenvalue weighted by Gasteiger charge is 2.29. The Hall–Kier alpha value is -4.53. The van der Waals surface area contributed by atoms with E-state index in [1.165, 1.54) is 25.3 Å². The lowest BCUT2D eigenvalue weighted by molar-refractivity contribution is -0.143. The Morgan fingerprint density at radius 1 is 0.905 bits per heavy atom. The zero-order chi connectivity index (χ0) is 30.2. The monoisotopic (exact) mass is 570 g/mol. The summed E-state index contributed by atoms with van der Waals surface area (Å²) in [7, 11) is 1.23. The normalized spacial score (nSPS) is 12.8. The van der Waals surface area contributed by atoms with Gasteiger partial charge in [-0.2, -0.15) is 0 Å². The second-order valence-corrected chi connectivity index (χ2v) is 10.2. The van der Waals surface area contributed by atoms with Crippen molar-refractivity contribution < 1.29 is 28.9 Å². The van der Waals surface area contributed by atoms with Crippen molar-refractivity contribution in [2.24, 2.45) is 0 Å². The first-order valence-electron chi connectivity index (χ1n) is 13.8. The fourth-order valence-electron chi connectivity index (χ4n) is 4.96. The van der Waals surface area contributed by atoms with E-state index in [1.54, 1.807) is 30.3 Å². The molecule has 1 aromatic heterocycles. The van der Waals surface area contributed by atoms with Gasteiger partial charge in [-0.1, -0.05) is 66.7 Å². The number of hydrogen-bond donors (Lipinski definition) is 3. The molecule has 42 heavy (non-hydrogen) atoms. The lowest BCUT2D eigenvalue weighted by Crippen LogP contribution is -2.20. The average Bonchev–Trinajstić information content (AvgIpc) is 3.33. The Morgan fingerprint density at radius 3 is 2.10 bits per heavy atom. The highest BCUT2D eigenvalue weighted by Crippen LogP contribution is 2.42. The third kappa shape index (κ3) is 7.21. The fraction of sp³-hybridized carbons (Fsp3) is 0.235. The van der Waals surface area contributed by atoms with Crippen molar-refractivity contribution in [2.75, 3.05) is 12.4 Å². The van der Waals surface area contributed by atoms with E-state index in [1.807, 2.05) is 66.9 Å². The quantitative estimate of drug-likeness (QED) is 0.179. The largest absolute Gasteiger partial charge is 0.469 e. The van der Waals surface area contributed by atoms with Gasteiger partial charge in [0.1, 0.15) is 11.5 Å². The number of amides is 1. The number of ether oxygens (including phenoxy) is 1. The van der Waals surface area contributed by atoms with Gasteiger partial charge in [0.25, 0.3) is 5.91 Å². The van der Waals surface area contributed by atoms with Crippen LogP contribution in [-0.2, 0) is 9.53 Å². The van der Waals surface area contributed by atoms with Gasteiger partial charge in [-0.25, -0.2) is 4.39 Å². The molecule has 0 aliphatic heterocycles. The first kappa shape index (κ1) is 30.4. The highest BCUT2D eigenvalue weighted by atomic mass is 19.1. The van der Waals surface area contributed by atoms with Gasteiger partial charge in [0.2, 0.25) is 0 Å². The Balaban J connectivity index is 1.93. The van der Waals surface area contributed by atoms with E-state index in [9.17, 15) is 24.2 Å². The molecule has 0 radical (unpaired) electrons. The van der Waals surface area contributed by atoms with Crippen molar-refractivity contribution in [2.45, 2.75) is 44.9 Å². The number of para-hydroxylation sites is 1. The first-order chi connectivity index (χ1) is 20.2. The number of nitrogens with zero attached hydrogens (tertiary/aromatic N) is 1. The molecular formula is C34H35FN2O5. The molecule has 0 fully saturated rings. The number of esters is 1. The maximum atomic E-state index is 14.1. The van der Waals surface area contributed by atoms with Gasteiger partial charge in [-0.15, -0.1) is 0 Å². The number of nitrogens with one attached hydrogen (secondary N) is 1. The number of anilines is 1. The Bertz CT molecular complexity index is 1530. The van der Waals surface area contributed by atoms with E-state index in [0.29, 0.717) is 33.8 Å². The maximum absolute atomic E-state index is 14.1. The average molecular weight is 571 g/mol. The number of hydrogen-bond acceptors (Lipinski definition) is 5. The predicted octanol–water partition coefficient (Wildman–Crippen LogP) is 6.48. The summed E-state index contributed by atoms with van der Waals surface area (Å²) in [5.41, 5.74) is 4.47. The summed E-state index contributed by atoms with van der Waals surface area (Å²) in [6.45, 7) is 3.91. The molecular weight excluding hydrogens is 535 g/mol. The molecule has 0 unspecified atom stereocenters. The van der Waals surface area contributed by atoms with Crippen LogP contribution in [0.4, 0.5) is 10.1 Å². The van der Waals surface area contributed by atoms with Crippen molar-refractivity contribution >= 4 is 23.6 Å². The van der Waals surface area contributed by atoms with Crippen LogP contribution in [0, 0.1) is 5.82 Å². The second-order valence-electron chi connectivity index (χ2n) is 10.2. The van der Waals surface area contributed by atoms with Crippen LogP contribution in [0.25, 0.3) is 28.3 Å². The SMILES string of the molecule is COC(=O)C[C@H](O)C[C@H](O)/C=C/c1c(-c2ccc(F)cc2)c(-c2ccccc2)c(C(=O)Nc2ccccc2)n1C(C)C. The fourth-order valence-corrected chi connectivity index (χ4v) is 4.96. The molecule has 0 bridgehead atoms. The van der Waals surface area contributed by atoms with E-state index >= 15 is 0 Å². The number of carbonyl (C=O) groups is 2. The molecule has 3 N–H and O–H groups in total. The van der Waals surface area contributed by atoms with Crippen molar-refractivity contribution in [3.8, 4) is 22.3 Å². The number of halogens is 1. The Kier molecular flexibility index (Phi) is 10.1. The van der Waals surface area contributed by atoms with E-state index < -0.39 is 24.0 Å². The van der Waals surface area contributed by atoms with Gasteiger partial charge in [0.15, 0.2) is 0 Å². The molecule has 3 aromatic carbocycles. The molecule has 0 aliphatic carbocycles. The van der Waals surface area contributed by atoms with Crippen molar-refractivity contribution in [3.63, 3.8) is 0 Å². The molecule has 0 aliphatic rings. The van der Waals surface area contributed by atoms with Gasteiger partial charge in [-0.05, 0) is 55.3 Å². The van der Waals surface area contributed by atoms with E-state index in [4.69, 9.17) is 0 Å². The summed E-state index contributed by atoms with van der Waals surface area (Å²) in [5, 5.41) is 24.0. The van der Waals surface area contributed by atoms with Gasteiger partial charge >= 0.3 is 5.97 Å². The molecule has 218 valence electrons. The van der Waals surface area contributed by atoms with Crippen LogP contribution >= 0.6 is 0 Å². The minimum Gasteiger partial charge on any atom is -0.469 e. The van der Waals surface area contributed by atoms with Crippen LogP contribution in [0.1, 0.15) is 48.9 Å². The summed E-state index contributed by atoms with van der Waals surface area (Å²) in [4.78, 5) is 25.6. The van der Waals surface area contributed by atoms with Gasteiger partial charge in [0.05, 0.1) is 25.7 Å². The van der Waals surface area contributed by atoms with Crippen LogP contribution < -0.4 is 5.32 Å². The molecule has 8 heteroatoms. The van der Waals surface area contributed by atoms with Crippen molar-refractivity contribution in [3.05, 3.63) is 108 Å². The van der Waals surface area contributed by atoms with Gasteiger partial charge in [0, 0.05) is 35.0 Å². The molecule has 0 saturated carbocycles. The lowest BCUT2D eigenvalue weighted by atomic mass is 9.94. The number of methoxy groups -OCH3 is 1. The van der Waals surface area contributed by atoms with E-state index in [2.05, 4.69) is 10.1 Å². The van der Waals surface area contributed by atoms with Crippen LogP contribution in [0.5, 0.6) is 0 Å². The summed E-state index contributed by atoms with van der Waals surface area (Å²) in [6.07, 6.45) is 0.704. The highest BCUT2D eigenvalue weighted by molar-refractivity contribution is 6.11. The van der Waals surface area contributed by atoms with Gasteiger partial charge < -0.3 is 24.8 Å². The van der Waals surface area contributed by atoms with Crippen LogP contribution in [-0.4, -0.2) is 46.0 Å². The maximum Gasteiger partial charge on any atom is 0.308 e. The summed E-state index contributed by atoms with van der Waals surface area (Å²) < 4.78 is 20.5. The number of carbonyl (C=O) groups excluding carboxylic acids is 2. The number of aromatic nitrogens is 1. The van der Waals surface area contributed by atoms with E-state index in [-0.39, 0.29) is 24.8 Å². The number of rotatable bonds is 11. The van der Waals surface area contributed by atoms with Crippen LogP contribution in [0.3, 0.4) is 0 Å². The smallest absolute Gasteiger partial charge is 0.308 e. The third-order valence-electron chi connectivity index (χ3n) is 6.82. The van der Waals surface area contributed by atoms with E-state index in [0.717, 1.165) is 5.56 Å². The summed E-state index contributed by atoms with van der Waals surface area (Å²) in [6, 6.07) is 24.5. The molecule has 1 heterocycles.